The molecular formula is C23H31NO5S. The highest BCUT2D eigenvalue weighted by atomic mass is 32.2. The Balaban J connectivity index is 1.66. The quantitative estimate of drug-likeness (QED) is 0.780. The lowest BCUT2D eigenvalue weighted by molar-refractivity contribution is -0.140. The van der Waals surface area contributed by atoms with E-state index in [1.165, 1.54) is 5.56 Å². The van der Waals surface area contributed by atoms with Gasteiger partial charge in [-0.2, -0.15) is 8.42 Å². The number of carbonyl (C=O) groups excluding carboxylic acids is 2. The van der Waals surface area contributed by atoms with Crippen molar-refractivity contribution in [2.24, 2.45) is 17.3 Å². The van der Waals surface area contributed by atoms with Crippen molar-refractivity contribution >= 4 is 22.0 Å². The van der Waals surface area contributed by atoms with Crippen molar-refractivity contribution in [2.75, 3.05) is 0 Å². The molecule has 164 valence electrons. The van der Waals surface area contributed by atoms with Crippen LogP contribution in [0.15, 0.2) is 12.1 Å². The van der Waals surface area contributed by atoms with Gasteiger partial charge in [0.2, 0.25) is 5.91 Å². The molecule has 4 rings (SSSR count). The van der Waals surface area contributed by atoms with E-state index in [0.717, 1.165) is 63.0 Å². The molecule has 0 heterocycles. The van der Waals surface area contributed by atoms with Crippen LogP contribution < -0.4 is 8.91 Å². The van der Waals surface area contributed by atoms with Gasteiger partial charge in [0.25, 0.3) is 0 Å². The molecule has 0 saturated heterocycles. The van der Waals surface area contributed by atoms with Crippen molar-refractivity contribution < 1.29 is 22.2 Å². The van der Waals surface area contributed by atoms with Gasteiger partial charge in [-0.15, -0.1) is 0 Å². The number of rotatable bonds is 4. The molecule has 7 heteroatoms. The monoisotopic (exact) mass is 433 g/mol. The molecule has 1 aromatic carbocycles. The summed E-state index contributed by atoms with van der Waals surface area (Å²) in [6, 6.07) is 3.96. The standard InChI is InChI=1S/C23H31NO5S/c1-4-15-12-19-16(13-21(15)29-30(27,28)24-14(2)25)8-9-18-17(19)10-11-23(3)20(18)6-5-7-22(23)26/h12-13,17-18,20H,4-11H2,1-3H3,(H,24,25)/t17?,18?,20?,23-/m0/s1. The highest BCUT2D eigenvalue weighted by Crippen LogP contribution is 2.58. The highest BCUT2D eigenvalue weighted by Gasteiger charge is 2.52. The van der Waals surface area contributed by atoms with Gasteiger partial charge >= 0.3 is 10.3 Å². The smallest absolute Gasteiger partial charge is 0.366 e. The molecule has 3 aliphatic rings. The van der Waals surface area contributed by atoms with Crippen molar-refractivity contribution in [3.05, 3.63) is 28.8 Å². The zero-order valence-electron chi connectivity index (χ0n) is 18.0. The third-order valence-electron chi connectivity index (χ3n) is 7.70. The van der Waals surface area contributed by atoms with Crippen LogP contribution in [-0.4, -0.2) is 20.1 Å². The predicted octanol–water partition coefficient (Wildman–Crippen LogP) is 3.82. The molecular weight excluding hydrogens is 402 g/mol. The van der Waals surface area contributed by atoms with Crippen molar-refractivity contribution in [1.29, 1.82) is 0 Å². The van der Waals surface area contributed by atoms with Gasteiger partial charge in [0.05, 0.1) is 0 Å². The molecule has 0 aromatic heterocycles. The fourth-order valence-corrected chi connectivity index (χ4v) is 7.07. The number of ketones is 1. The normalized spacial score (nSPS) is 30.6. The van der Waals surface area contributed by atoms with Gasteiger partial charge in [-0.3, -0.25) is 9.59 Å². The van der Waals surface area contributed by atoms with Gasteiger partial charge in [-0.05, 0) is 85.5 Å². The van der Waals surface area contributed by atoms with Crippen LogP contribution in [0.5, 0.6) is 5.75 Å². The van der Waals surface area contributed by atoms with Crippen LogP contribution in [0.3, 0.4) is 0 Å². The van der Waals surface area contributed by atoms with Crippen LogP contribution in [0, 0.1) is 17.3 Å². The molecule has 0 radical (unpaired) electrons. The number of carbonyl (C=O) groups is 2. The highest BCUT2D eigenvalue weighted by molar-refractivity contribution is 7.85. The molecule has 0 spiro atoms. The Bertz CT molecular complexity index is 986. The lowest BCUT2D eigenvalue weighted by atomic mass is 9.50. The third kappa shape index (κ3) is 3.66. The van der Waals surface area contributed by atoms with Crippen LogP contribution in [0.1, 0.15) is 81.9 Å². The van der Waals surface area contributed by atoms with Crippen molar-refractivity contribution in [2.45, 2.75) is 78.1 Å². The van der Waals surface area contributed by atoms with Gasteiger partial charge in [-0.25, -0.2) is 4.72 Å². The first-order valence-electron chi connectivity index (χ1n) is 11.1. The second-order valence-electron chi connectivity index (χ2n) is 9.40. The molecule has 2 saturated carbocycles. The Labute approximate surface area is 179 Å². The molecule has 4 atom stereocenters. The number of benzene rings is 1. The van der Waals surface area contributed by atoms with Crippen LogP contribution >= 0.6 is 0 Å². The molecule has 30 heavy (non-hydrogen) atoms. The number of Topliss-reactive ketones (excluding diaryl/α,β-unsaturated/α-hetero) is 1. The fourth-order valence-electron chi connectivity index (χ4n) is 6.28. The average Bonchev–Trinajstić information content (AvgIpc) is 2.66. The summed E-state index contributed by atoms with van der Waals surface area (Å²) < 4.78 is 31.3. The Morgan fingerprint density at radius 1 is 1.23 bits per heavy atom. The van der Waals surface area contributed by atoms with Crippen molar-refractivity contribution in [3.8, 4) is 5.75 Å². The SMILES string of the molecule is CCc1cc2c(cc1OS(=O)(=O)NC(C)=O)CCC1C2CC[C@]2(C)C(=O)CCCC12. The van der Waals surface area contributed by atoms with Gasteiger partial charge < -0.3 is 4.18 Å². The van der Waals surface area contributed by atoms with E-state index in [1.807, 2.05) is 17.7 Å². The molecule has 3 unspecified atom stereocenters. The largest absolute Gasteiger partial charge is 0.409 e. The van der Waals surface area contributed by atoms with Crippen LogP contribution in [0.25, 0.3) is 0 Å². The summed E-state index contributed by atoms with van der Waals surface area (Å²) in [5.41, 5.74) is 3.09. The van der Waals surface area contributed by atoms with E-state index in [4.69, 9.17) is 4.18 Å². The second-order valence-corrected chi connectivity index (χ2v) is 10.7. The Morgan fingerprint density at radius 2 is 2.00 bits per heavy atom. The summed E-state index contributed by atoms with van der Waals surface area (Å²) in [6.45, 7) is 5.30. The molecule has 2 fully saturated rings. The second kappa shape index (κ2) is 7.66. The average molecular weight is 434 g/mol. The summed E-state index contributed by atoms with van der Waals surface area (Å²) in [6.07, 6.45) is 7.32. The van der Waals surface area contributed by atoms with E-state index in [0.29, 0.717) is 35.7 Å². The van der Waals surface area contributed by atoms with E-state index in [1.54, 1.807) is 0 Å². The Morgan fingerprint density at radius 3 is 2.70 bits per heavy atom. The zero-order chi connectivity index (χ0) is 21.7. The van der Waals surface area contributed by atoms with E-state index in [2.05, 4.69) is 13.0 Å². The number of hydrogen-bond acceptors (Lipinski definition) is 5. The van der Waals surface area contributed by atoms with E-state index in [-0.39, 0.29) is 5.41 Å². The van der Waals surface area contributed by atoms with Gasteiger partial charge in [0.15, 0.2) is 0 Å². The number of hydrogen-bond donors (Lipinski definition) is 1. The lowest BCUT2D eigenvalue weighted by Crippen LogP contribution is -2.49. The number of aryl methyl sites for hydroxylation is 2. The molecule has 0 aliphatic heterocycles. The predicted molar refractivity (Wildman–Crippen MR) is 113 cm³/mol. The zero-order valence-corrected chi connectivity index (χ0v) is 18.8. The summed E-state index contributed by atoms with van der Waals surface area (Å²) in [4.78, 5) is 23.9. The maximum Gasteiger partial charge on any atom is 0.409 e. The first kappa shape index (κ1) is 21.3. The van der Waals surface area contributed by atoms with E-state index < -0.39 is 16.2 Å². The van der Waals surface area contributed by atoms with Crippen molar-refractivity contribution in [3.63, 3.8) is 0 Å². The van der Waals surface area contributed by atoms with Crippen LogP contribution in [0.4, 0.5) is 0 Å². The minimum atomic E-state index is -4.18. The lowest BCUT2D eigenvalue weighted by Gasteiger charge is -2.53. The Hall–Kier alpha value is -1.89. The number of nitrogens with one attached hydrogen (secondary N) is 1. The third-order valence-corrected chi connectivity index (χ3v) is 8.64. The maximum atomic E-state index is 12.7. The molecule has 3 aliphatic carbocycles. The van der Waals surface area contributed by atoms with Gasteiger partial charge in [-0.1, -0.05) is 19.9 Å². The molecule has 6 nitrogen and oxygen atoms in total. The Kier molecular flexibility index (Phi) is 5.45. The molecule has 0 bridgehead atoms. The summed E-state index contributed by atoms with van der Waals surface area (Å²) in [5.74, 6) is 1.46. The van der Waals surface area contributed by atoms with Crippen molar-refractivity contribution in [1.82, 2.24) is 4.72 Å². The molecule has 1 N–H and O–H groups in total. The number of fused-ring (bicyclic) bond motifs is 5. The molecule has 1 amide bonds. The van der Waals surface area contributed by atoms with Crippen LogP contribution in [0.2, 0.25) is 0 Å². The topological polar surface area (TPSA) is 89.5 Å². The van der Waals surface area contributed by atoms with Crippen LogP contribution in [-0.2, 0) is 32.7 Å². The van der Waals surface area contributed by atoms with Gasteiger partial charge in [0.1, 0.15) is 11.5 Å². The summed E-state index contributed by atoms with van der Waals surface area (Å²) >= 11 is 0. The minimum Gasteiger partial charge on any atom is -0.366 e. The summed E-state index contributed by atoms with van der Waals surface area (Å²) in [7, 11) is -4.18. The number of amides is 1. The van der Waals surface area contributed by atoms with Gasteiger partial charge in [0, 0.05) is 18.8 Å². The first-order valence-corrected chi connectivity index (χ1v) is 12.5. The first-order chi connectivity index (χ1) is 14.1. The fraction of sp³-hybridized carbons (Fsp3) is 0.652. The minimum absolute atomic E-state index is 0.167. The summed E-state index contributed by atoms with van der Waals surface area (Å²) in [5, 5.41) is 0. The molecule has 1 aromatic rings. The van der Waals surface area contributed by atoms with E-state index in [9.17, 15) is 18.0 Å². The maximum absolute atomic E-state index is 12.7. The van der Waals surface area contributed by atoms with E-state index >= 15 is 0 Å².